The van der Waals surface area contributed by atoms with E-state index in [0.717, 1.165) is 6.42 Å². The van der Waals surface area contributed by atoms with Gasteiger partial charge >= 0.3 is 0 Å². The fraction of sp³-hybridized carbons (Fsp3) is 0.429. The molecule has 0 aliphatic heterocycles. The Kier molecular flexibility index (Phi) is 2.74. The van der Waals surface area contributed by atoms with E-state index < -0.39 is 11.7 Å². The van der Waals surface area contributed by atoms with E-state index in [9.17, 15) is 9.18 Å². The molecule has 1 aromatic rings. The van der Waals surface area contributed by atoms with Crippen molar-refractivity contribution in [2.45, 2.75) is 26.2 Å². The van der Waals surface area contributed by atoms with Crippen molar-refractivity contribution >= 4 is 5.78 Å². The van der Waals surface area contributed by atoms with Gasteiger partial charge in [-0.15, -0.1) is 0 Å². The Morgan fingerprint density at radius 1 is 1.53 bits per heavy atom. The number of ketones is 1. The number of nitrogens with zero attached hydrogens (tertiary/aromatic N) is 1. The maximum Gasteiger partial charge on any atom is 0.158 e. The van der Waals surface area contributed by atoms with Crippen molar-refractivity contribution in [2.75, 3.05) is 0 Å². The quantitative estimate of drug-likeness (QED) is 0.802. The highest BCUT2D eigenvalue weighted by atomic mass is 19.1. The van der Waals surface area contributed by atoms with Crippen molar-refractivity contribution in [2.24, 2.45) is 11.3 Å². The molecule has 1 aliphatic carbocycles. The third kappa shape index (κ3) is 2.08. The van der Waals surface area contributed by atoms with E-state index in [1.807, 2.05) is 19.9 Å². The van der Waals surface area contributed by atoms with E-state index in [4.69, 9.17) is 5.26 Å². The number of Topliss-reactive ketones (excluding diaryl/α,β-unsaturated/α-hetero) is 1. The van der Waals surface area contributed by atoms with Crippen LogP contribution in [-0.2, 0) is 4.79 Å². The smallest absolute Gasteiger partial charge is 0.158 e. The van der Waals surface area contributed by atoms with Crippen LogP contribution in [0.15, 0.2) is 24.3 Å². The second-order valence-electron chi connectivity index (χ2n) is 5.23. The summed E-state index contributed by atoms with van der Waals surface area (Å²) in [5.41, 5.74) is 0.167. The second-order valence-corrected chi connectivity index (χ2v) is 5.23. The minimum absolute atomic E-state index is 0.0303. The van der Waals surface area contributed by atoms with Gasteiger partial charge in [0, 0.05) is 11.5 Å². The summed E-state index contributed by atoms with van der Waals surface area (Å²) in [6.45, 7) is 3.98. The zero-order valence-electron chi connectivity index (χ0n) is 9.90. The van der Waals surface area contributed by atoms with Gasteiger partial charge in [0.2, 0.25) is 0 Å². The summed E-state index contributed by atoms with van der Waals surface area (Å²) in [5.74, 6) is -1.71. The van der Waals surface area contributed by atoms with E-state index in [-0.39, 0.29) is 22.7 Å². The minimum atomic E-state index is -0.969. The molecule has 0 radical (unpaired) electrons. The molecule has 0 N–H and O–H groups in total. The Bertz CT molecular complexity index is 501. The predicted octanol–water partition coefficient (Wildman–Crippen LogP) is 3.05. The van der Waals surface area contributed by atoms with Crippen LogP contribution >= 0.6 is 0 Å². The summed E-state index contributed by atoms with van der Waals surface area (Å²) in [6, 6.07) is 7.92. The first-order chi connectivity index (χ1) is 7.97. The van der Waals surface area contributed by atoms with Crippen LogP contribution in [0.25, 0.3) is 0 Å². The van der Waals surface area contributed by atoms with Gasteiger partial charge in [-0.2, -0.15) is 5.26 Å². The standard InChI is InChI=1S/C14H14FNO/c1-14(2)7-11(14)13(17)10(8-16)9-5-3-4-6-12(9)15/h3-6,10-11H,7H2,1-2H3. The van der Waals surface area contributed by atoms with Crippen LogP contribution in [0.5, 0.6) is 0 Å². The lowest BCUT2D eigenvalue weighted by Gasteiger charge is -2.10. The van der Waals surface area contributed by atoms with E-state index in [1.54, 1.807) is 12.1 Å². The average Bonchev–Trinajstić information content (AvgIpc) is 2.91. The lowest BCUT2D eigenvalue weighted by atomic mass is 9.91. The number of rotatable bonds is 3. The molecule has 0 bridgehead atoms. The van der Waals surface area contributed by atoms with Crippen LogP contribution in [0.4, 0.5) is 4.39 Å². The van der Waals surface area contributed by atoms with Gasteiger partial charge in [-0.1, -0.05) is 32.0 Å². The molecule has 1 aliphatic rings. The Morgan fingerprint density at radius 3 is 2.59 bits per heavy atom. The van der Waals surface area contributed by atoms with Crippen molar-refractivity contribution < 1.29 is 9.18 Å². The van der Waals surface area contributed by atoms with Crippen molar-refractivity contribution in [1.29, 1.82) is 5.26 Å². The average molecular weight is 231 g/mol. The molecule has 17 heavy (non-hydrogen) atoms. The van der Waals surface area contributed by atoms with E-state index in [0.29, 0.717) is 0 Å². The fourth-order valence-electron chi connectivity index (χ4n) is 2.15. The third-order valence-corrected chi connectivity index (χ3v) is 3.49. The maximum atomic E-state index is 13.6. The van der Waals surface area contributed by atoms with Crippen molar-refractivity contribution in [3.8, 4) is 6.07 Å². The highest BCUT2D eigenvalue weighted by molar-refractivity contribution is 5.93. The molecule has 0 amide bonds. The molecule has 0 aromatic heterocycles. The highest BCUT2D eigenvalue weighted by Gasteiger charge is 2.52. The monoisotopic (exact) mass is 231 g/mol. The van der Waals surface area contributed by atoms with Crippen LogP contribution in [0.3, 0.4) is 0 Å². The van der Waals surface area contributed by atoms with Crippen molar-refractivity contribution in [3.63, 3.8) is 0 Å². The number of nitriles is 1. The Morgan fingerprint density at radius 2 is 2.12 bits per heavy atom. The number of benzene rings is 1. The van der Waals surface area contributed by atoms with Crippen LogP contribution in [0, 0.1) is 28.5 Å². The lowest BCUT2D eigenvalue weighted by molar-refractivity contribution is -0.121. The first kappa shape index (κ1) is 11.8. The molecule has 1 saturated carbocycles. The Labute approximate surface area is 100 Å². The number of carbonyl (C=O) groups is 1. The van der Waals surface area contributed by atoms with Gasteiger partial charge in [0.25, 0.3) is 0 Å². The lowest BCUT2D eigenvalue weighted by Crippen LogP contribution is -2.16. The topological polar surface area (TPSA) is 40.9 Å². The normalized spacial score (nSPS) is 22.6. The number of carbonyl (C=O) groups excluding carboxylic acids is 1. The van der Waals surface area contributed by atoms with Gasteiger partial charge in [-0.25, -0.2) is 4.39 Å². The molecule has 0 spiro atoms. The first-order valence-electron chi connectivity index (χ1n) is 5.65. The number of halogens is 1. The molecule has 2 rings (SSSR count). The Hall–Kier alpha value is -1.69. The van der Waals surface area contributed by atoms with Gasteiger partial charge in [-0.05, 0) is 17.9 Å². The SMILES string of the molecule is CC1(C)CC1C(=O)C(C#N)c1ccccc1F. The third-order valence-electron chi connectivity index (χ3n) is 3.49. The van der Waals surface area contributed by atoms with Gasteiger partial charge < -0.3 is 0 Å². The molecule has 1 aromatic carbocycles. The number of hydrogen-bond acceptors (Lipinski definition) is 2. The van der Waals surface area contributed by atoms with Crippen LogP contribution < -0.4 is 0 Å². The Balaban J connectivity index is 2.27. The zero-order valence-corrected chi connectivity index (χ0v) is 9.90. The maximum absolute atomic E-state index is 13.6. The molecular formula is C14H14FNO. The number of hydrogen-bond donors (Lipinski definition) is 0. The summed E-state index contributed by atoms with van der Waals surface area (Å²) in [6.07, 6.45) is 0.790. The predicted molar refractivity (Wildman–Crippen MR) is 61.6 cm³/mol. The second kappa shape index (κ2) is 3.96. The van der Waals surface area contributed by atoms with Gasteiger partial charge in [-0.3, -0.25) is 4.79 Å². The van der Waals surface area contributed by atoms with Gasteiger partial charge in [0.15, 0.2) is 5.78 Å². The minimum Gasteiger partial charge on any atom is -0.298 e. The van der Waals surface area contributed by atoms with Gasteiger partial charge in [0.05, 0.1) is 6.07 Å². The van der Waals surface area contributed by atoms with Crippen LogP contribution in [-0.4, -0.2) is 5.78 Å². The van der Waals surface area contributed by atoms with E-state index in [1.165, 1.54) is 12.1 Å². The molecule has 1 fully saturated rings. The van der Waals surface area contributed by atoms with Crippen LogP contribution in [0.1, 0.15) is 31.7 Å². The molecule has 2 nitrogen and oxygen atoms in total. The summed E-state index contributed by atoms with van der Waals surface area (Å²) in [7, 11) is 0. The van der Waals surface area contributed by atoms with Crippen LogP contribution in [0.2, 0.25) is 0 Å². The summed E-state index contributed by atoms with van der Waals surface area (Å²) in [4.78, 5) is 12.1. The van der Waals surface area contributed by atoms with Gasteiger partial charge in [0.1, 0.15) is 11.7 Å². The van der Waals surface area contributed by atoms with Crippen molar-refractivity contribution in [3.05, 3.63) is 35.6 Å². The van der Waals surface area contributed by atoms with Crippen molar-refractivity contribution in [1.82, 2.24) is 0 Å². The molecular weight excluding hydrogens is 217 g/mol. The summed E-state index contributed by atoms with van der Waals surface area (Å²) < 4.78 is 13.6. The largest absolute Gasteiger partial charge is 0.298 e. The molecule has 0 heterocycles. The molecule has 88 valence electrons. The first-order valence-corrected chi connectivity index (χ1v) is 5.65. The molecule has 3 heteroatoms. The molecule has 2 unspecified atom stereocenters. The van der Waals surface area contributed by atoms with E-state index >= 15 is 0 Å². The van der Waals surface area contributed by atoms with E-state index in [2.05, 4.69) is 0 Å². The fourth-order valence-corrected chi connectivity index (χ4v) is 2.15. The summed E-state index contributed by atoms with van der Waals surface area (Å²) >= 11 is 0. The zero-order chi connectivity index (χ0) is 12.6. The summed E-state index contributed by atoms with van der Waals surface area (Å²) in [5, 5.41) is 9.08. The molecule has 0 saturated heterocycles. The molecule has 2 atom stereocenters. The highest BCUT2D eigenvalue weighted by Crippen LogP contribution is 2.53.